The first-order valence-corrected chi connectivity index (χ1v) is 7.95. The standard InChI is InChI=1S/C15H18N2O3S/c1-2-9-17(10-11-18)21(19,20)15-8-7-14(16)12-5-3-4-6-13(12)15/h2-8,18H,1,9-11,16H2. The van der Waals surface area contributed by atoms with E-state index in [4.69, 9.17) is 10.8 Å². The normalized spacial score (nSPS) is 11.9. The van der Waals surface area contributed by atoms with Crippen molar-refractivity contribution < 1.29 is 13.5 Å². The number of nitrogen functional groups attached to an aromatic ring is 1. The van der Waals surface area contributed by atoms with Crippen molar-refractivity contribution in [3.63, 3.8) is 0 Å². The Labute approximate surface area is 124 Å². The highest BCUT2D eigenvalue weighted by molar-refractivity contribution is 7.89. The summed E-state index contributed by atoms with van der Waals surface area (Å²) in [4.78, 5) is 0.183. The van der Waals surface area contributed by atoms with Gasteiger partial charge in [-0.3, -0.25) is 0 Å². The summed E-state index contributed by atoms with van der Waals surface area (Å²) in [6, 6.07) is 10.2. The Hall–Kier alpha value is -1.89. The number of anilines is 1. The molecule has 0 aromatic heterocycles. The van der Waals surface area contributed by atoms with E-state index in [1.54, 1.807) is 24.3 Å². The van der Waals surface area contributed by atoms with Crippen molar-refractivity contribution in [1.29, 1.82) is 0 Å². The van der Waals surface area contributed by atoms with Crippen LogP contribution in [0.15, 0.2) is 53.9 Å². The second-order valence-corrected chi connectivity index (χ2v) is 6.48. The third kappa shape index (κ3) is 2.92. The maximum atomic E-state index is 12.8. The first-order valence-electron chi connectivity index (χ1n) is 6.51. The molecule has 0 heterocycles. The summed E-state index contributed by atoms with van der Waals surface area (Å²) in [6.07, 6.45) is 1.49. The van der Waals surface area contributed by atoms with E-state index in [1.165, 1.54) is 16.4 Å². The Morgan fingerprint density at radius 3 is 2.48 bits per heavy atom. The Balaban J connectivity index is 2.64. The third-order valence-electron chi connectivity index (χ3n) is 3.22. The molecule has 0 bridgehead atoms. The van der Waals surface area contributed by atoms with Gasteiger partial charge in [-0.2, -0.15) is 4.31 Å². The van der Waals surface area contributed by atoms with Crippen LogP contribution in [0.5, 0.6) is 0 Å². The van der Waals surface area contributed by atoms with E-state index < -0.39 is 10.0 Å². The molecule has 6 heteroatoms. The van der Waals surface area contributed by atoms with Crippen molar-refractivity contribution in [3.8, 4) is 0 Å². The molecule has 0 unspecified atom stereocenters. The molecule has 0 radical (unpaired) electrons. The van der Waals surface area contributed by atoms with Crippen molar-refractivity contribution in [2.45, 2.75) is 4.90 Å². The lowest BCUT2D eigenvalue weighted by Gasteiger charge is -2.21. The van der Waals surface area contributed by atoms with Crippen LogP contribution in [-0.2, 0) is 10.0 Å². The van der Waals surface area contributed by atoms with Gasteiger partial charge in [-0.25, -0.2) is 8.42 Å². The van der Waals surface area contributed by atoms with Gasteiger partial charge in [0.25, 0.3) is 0 Å². The molecule has 0 aliphatic heterocycles. The van der Waals surface area contributed by atoms with Crippen molar-refractivity contribution in [2.24, 2.45) is 0 Å². The lowest BCUT2D eigenvalue weighted by molar-refractivity contribution is 0.260. The highest BCUT2D eigenvalue weighted by Gasteiger charge is 2.25. The number of nitrogens with zero attached hydrogens (tertiary/aromatic N) is 1. The van der Waals surface area contributed by atoms with Crippen LogP contribution in [0.4, 0.5) is 5.69 Å². The van der Waals surface area contributed by atoms with E-state index in [1.807, 2.05) is 6.07 Å². The van der Waals surface area contributed by atoms with Crippen LogP contribution >= 0.6 is 0 Å². The topological polar surface area (TPSA) is 83.6 Å². The van der Waals surface area contributed by atoms with Gasteiger partial charge >= 0.3 is 0 Å². The predicted octanol–water partition coefficient (Wildman–Crippen LogP) is 1.59. The molecule has 0 fully saturated rings. The summed E-state index contributed by atoms with van der Waals surface area (Å²) in [5.41, 5.74) is 6.43. The van der Waals surface area contributed by atoms with Gasteiger partial charge in [0.2, 0.25) is 10.0 Å². The summed E-state index contributed by atoms with van der Waals surface area (Å²) >= 11 is 0. The Bertz CT molecular complexity index is 757. The number of fused-ring (bicyclic) bond motifs is 1. The Morgan fingerprint density at radius 1 is 1.19 bits per heavy atom. The maximum absolute atomic E-state index is 12.8. The quantitative estimate of drug-likeness (QED) is 0.627. The maximum Gasteiger partial charge on any atom is 0.244 e. The minimum Gasteiger partial charge on any atom is -0.398 e. The molecule has 2 aromatic carbocycles. The molecule has 0 saturated carbocycles. The van der Waals surface area contributed by atoms with Gasteiger partial charge in [0.05, 0.1) is 11.5 Å². The zero-order valence-corrected chi connectivity index (χ0v) is 12.4. The van der Waals surface area contributed by atoms with Crippen LogP contribution < -0.4 is 5.73 Å². The second kappa shape index (κ2) is 6.26. The molecule has 0 saturated heterocycles. The first-order chi connectivity index (χ1) is 10.0. The smallest absolute Gasteiger partial charge is 0.244 e. The average Bonchev–Trinajstić information content (AvgIpc) is 2.47. The monoisotopic (exact) mass is 306 g/mol. The van der Waals surface area contributed by atoms with E-state index in [0.717, 1.165) is 0 Å². The third-order valence-corrected chi connectivity index (χ3v) is 5.14. The fraction of sp³-hybridized carbons (Fsp3) is 0.200. The average molecular weight is 306 g/mol. The summed E-state index contributed by atoms with van der Waals surface area (Å²) in [7, 11) is -3.72. The van der Waals surface area contributed by atoms with Crippen LogP contribution in [0.1, 0.15) is 0 Å². The fourth-order valence-electron chi connectivity index (χ4n) is 2.22. The zero-order chi connectivity index (χ0) is 15.5. The van der Waals surface area contributed by atoms with Gasteiger partial charge in [-0.15, -0.1) is 6.58 Å². The number of aliphatic hydroxyl groups is 1. The van der Waals surface area contributed by atoms with E-state index >= 15 is 0 Å². The van der Waals surface area contributed by atoms with Crippen LogP contribution in [0, 0.1) is 0 Å². The minimum atomic E-state index is -3.72. The number of aliphatic hydroxyl groups excluding tert-OH is 1. The van der Waals surface area contributed by atoms with Crippen LogP contribution in [0.25, 0.3) is 10.8 Å². The number of hydrogen-bond acceptors (Lipinski definition) is 4. The highest BCUT2D eigenvalue weighted by Crippen LogP contribution is 2.29. The van der Waals surface area contributed by atoms with E-state index in [0.29, 0.717) is 16.5 Å². The van der Waals surface area contributed by atoms with E-state index in [2.05, 4.69) is 6.58 Å². The lowest BCUT2D eigenvalue weighted by atomic mass is 10.1. The SMILES string of the molecule is C=CCN(CCO)S(=O)(=O)c1ccc(N)c2ccccc12. The number of hydrogen-bond donors (Lipinski definition) is 2. The molecule has 0 aliphatic rings. The first kappa shape index (κ1) is 15.5. The molecular formula is C15H18N2O3S. The number of rotatable bonds is 6. The lowest BCUT2D eigenvalue weighted by Crippen LogP contribution is -2.33. The Morgan fingerprint density at radius 2 is 1.86 bits per heavy atom. The number of benzene rings is 2. The number of nitrogens with two attached hydrogens (primary N) is 1. The summed E-state index contributed by atoms with van der Waals surface area (Å²) in [5, 5.41) is 10.3. The summed E-state index contributed by atoms with van der Waals surface area (Å²) < 4.78 is 26.7. The number of sulfonamides is 1. The van der Waals surface area contributed by atoms with E-state index in [9.17, 15) is 8.42 Å². The molecule has 0 atom stereocenters. The molecular weight excluding hydrogens is 288 g/mol. The predicted molar refractivity (Wildman–Crippen MR) is 84.4 cm³/mol. The van der Waals surface area contributed by atoms with Gasteiger partial charge in [-0.05, 0) is 12.1 Å². The van der Waals surface area contributed by atoms with Crippen LogP contribution in [0.2, 0.25) is 0 Å². The molecule has 5 nitrogen and oxygen atoms in total. The van der Waals surface area contributed by atoms with Crippen molar-refractivity contribution in [2.75, 3.05) is 25.4 Å². The highest BCUT2D eigenvalue weighted by atomic mass is 32.2. The van der Waals surface area contributed by atoms with Crippen LogP contribution in [0.3, 0.4) is 0 Å². The van der Waals surface area contributed by atoms with Crippen molar-refractivity contribution in [3.05, 3.63) is 49.1 Å². The molecule has 112 valence electrons. The van der Waals surface area contributed by atoms with Crippen molar-refractivity contribution in [1.82, 2.24) is 4.31 Å². The van der Waals surface area contributed by atoms with Gasteiger partial charge < -0.3 is 10.8 Å². The summed E-state index contributed by atoms with van der Waals surface area (Å²) in [6.45, 7) is 3.47. The molecule has 21 heavy (non-hydrogen) atoms. The van der Waals surface area contributed by atoms with Gasteiger partial charge in [-0.1, -0.05) is 30.3 Å². The summed E-state index contributed by atoms with van der Waals surface area (Å²) in [5.74, 6) is 0. The van der Waals surface area contributed by atoms with E-state index in [-0.39, 0.29) is 24.6 Å². The van der Waals surface area contributed by atoms with Gasteiger partial charge in [0, 0.05) is 29.5 Å². The zero-order valence-electron chi connectivity index (χ0n) is 11.6. The second-order valence-electron chi connectivity index (χ2n) is 4.57. The molecule has 0 aliphatic carbocycles. The molecule has 2 rings (SSSR count). The molecule has 3 N–H and O–H groups in total. The van der Waals surface area contributed by atoms with Gasteiger partial charge in [0.15, 0.2) is 0 Å². The van der Waals surface area contributed by atoms with Crippen LogP contribution in [-0.4, -0.2) is 37.5 Å². The van der Waals surface area contributed by atoms with Gasteiger partial charge in [0.1, 0.15) is 0 Å². The Kier molecular flexibility index (Phi) is 4.62. The van der Waals surface area contributed by atoms with Crippen molar-refractivity contribution >= 4 is 26.5 Å². The fourth-order valence-corrected chi connectivity index (χ4v) is 3.82. The molecule has 0 spiro atoms. The molecule has 2 aromatic rings. The minimum absolute atomic E-state index is 0.0209. The largest absolute Gasteiger partial charge is 0.398 e. The molecule has 0 amide bonds.